The zero-order valence-electron chi connectivity index (χ0n) is 10.5. The number of rotatable bonds is 3. The standard InChI is InChI=1S/C13H15N3O3/c17-13(5-1-2-6-13)9-15-12-7-11(16(18)19)4-3-10(12)8-14-15/h3-4,7-8,17H,1-2,5-6,9H2. The molecule has 0 unspecified atom stereocenters. The van der Waals surface area contributed by atoms with Gasteiger partial charge in [-0.3, -0.25) is 14.8 Å². The number of hydrogen-bond donors (Lipinski definition) is 1. The first-order valence-electron chi connectivity index (χ1n) is 6.40. The Morgan fingerprint density at radius 1 is 1.42 bits per heavy atom. The van der Waals surface area contributed by atoms with Crippen molar-refractivity contribution in [1.29, 1.82) is 0 Å². The summed E-state index contributed by atoms with van der Waals surface area (Å²) in [5, 5.41) is 26.3. The molecule has 1 aliphatic carbocycles. The molecule has 100 valence electrons. The molecular weight excluding hydrogens is 246 g/mol. The monoisotopic (exact) mass is 261 g/mol. The van der Waals surface area contributed by atoms with E-state index in [1.54, 1.807) is 16.9 Å². The maximum absolute atomic E-state index is 10.8. The minimum atomic E-state index is -0.719. The first-order valence-corrected chi connectivity index (χ1v) is 6.40. The van der Waals surface area contributed by atoms with Crippen molar-refractivity contribution in [1.82, 2.24) is 9.78 Å². The Labute approximate surface area is 109 Å². The van der Waals surface area contributed by atoms with Crippen LogP contribution < -0.4 is 0 Å². The van der Waals surface area contributed by atoms with E-state index >= 15 is 0 Å². The van der Waals surface area contributed by atoms with Crippen molar-refractivity contribution in [3.63, 3.8) is 0 Å². The molecule has 0 atom stereocenters. The van der Waals surface area contributed by atoms with Crippen LogP contribution in [0.25, 0.3) is 10.9 Å². The molecule has 0 saturated heterocycles. The van der Waals surface area contributed by atoms with E-state index in [4.69, 9.17) is 0 Å². The number of non-ortho nitro benzene ring substituents is 1. The Bertz CT molecular complexity index is 629. The van der Waals surface area contributed by atoms with E-state index in [9.17, 15) is 15.2 Å². The van der Waals surface area contributed by atoms with Crippen LogP contribution in [0.5, 0.6) is 0 Å². The Hall–Kier alpha value is -1.95. The quantitative estimate of drug-likeness (QED) is 0.678. The highest BCUT2D eigenvalue weighted by molar-refractivity contribution is 5.81. The number of fused-ring (bicyclic) bond motifs is 1. The summed E-state index contributed by atoms with van der Waals surface area (Å²) in [5.41, 5.74) is 0.0333. The van der Waals surface area contributed by atoms with E-state index in [0.717, 1.165) is 31.1 Å². The predicted molar refractivity (Wildman–Crippen MR) is 69.8 cm³/mol. The number of nitrogens with zero attached hydrogens (tertiary/aromatic N) is 3. The Morgan fingerprint density at radius 2 is 2.16 bits per heavy atom. The fourth-order valence-corrected chi connectivity index (χ4v) is 2.77. The zero-order valence-corrected chi connectivity index (χ0v) is 10.5. The van der Waals surface area contributed by atoms with E-state index in [0.29, 0.717) is 12.1 Å². The van der Waals surface area contributed by atoms with E-state index < -0.39 is 10.5 Å². The molecule has 19 heavy (non-hydrogen) atoms. The molecule has 1 fully saturated rings. The first-order chi connectivity index (χ1) is 9.07. The Morgan fingerprint density at radius 3 is 2.84 bits per heavy atom. The summed E-state index contributed by atoms with van der Waals surface area (Å²) in [5.74, 6) is 0. The molecule has 1 heterocycles. The van der Waals surface area contributed by atoms with Crippen LogP contribution in [0.15, 0.2) is 24.4 Å². The van der Waals surface area contributed by atoms with Gasteiger partial charge < -0.3 is 5.11 Å². The summed E-state index contributed by atoms with van der Waals surface area (Å²) in [6.07, 6.45) is 5.26. The average Bonchev–Trinajstić information content (AvgIpc) is 2.97. The van der Waals surface area contributed by atoms with Crippen LogP contribution in [0.1, 0.15) is 25.7 Å². The van der Waals surface area contributed by atoms with Crippen LogP contribution in [-0.2, 0) is 6.54 Å². The lowest BCUT2D eigenvalue weighted by atomic mass is 10.0. The number of nitro benzene ring substituents is 1. The molecule has 0 amide bonds. The van der Waals surface area contributed by atoms with E-state index in [2.05, 4.69) is 5.10 Å². The summed E-state index contributed by atoms with van der Waals surface area (Å²) in [4.78, 5) is 10.4. The molecular formula is C13H15N3O3. The largest absolute Gasteiger partial charge is 0.388 e. The molecule has 0 bridgehead atoms. The average molecular weight is 261 g/mol. The van der Waals surface area contributed by atoms with Crippen LogP contribution in [0.3, 0.4) is 0 Å². The predicted octanol–water partition coefficient (Wildman–Crippen LogP) is 2.25. The number of aliphatic hydroxyl groups is 1. The molecule has 1 aliphatic rings. The van der Waals surface area contributed by atoms with Gasteiger partial charge in [0.1, 0.15) is 0 Å². The van der Waals surface area contributed by atoms with Crippen molar-refractivity contribution in [2.45, 2.75) is 37.8 Å². The van der Waals surface area contributed by atoms with Gasteiger partial charge in [-0.05, 0) is 18.9 Å². The van der Waals surface area contributed by atoms with Gasteiger partial charge in [-0.25, -0.2) is 0 Å². The van der Waals surface area contributed by atoms with Crippen LogP contribution in [0.2, 0.25) is 0 Å². The van der Waals surface area contributed by atoms with Gasteiger partial charge in [0.25, 0.3) is 5.69 Å². The van der Waals surface area contributed by atoms with Crippen LogP contribution >= 0.6 is 0 Å². The van der Waals surface area contributed by atoms with E-state index in [1.165, 1.54) is 12.1 Å². The maximum Gasteiger partial charge on any atom is 0.271 e. The summed E-state index contributed by atoms with van der Waals surface area (Å²) < 4.78 is 1.67. The van der Waals surface area contributed by atoms with Gasteiger partial charge in [0.15, 0.2) is 0 Å². The van der Waals surface area contributed by atoms with Crippen molar-refractivity contribution in [2.24, 2.45) is 0 Å². The van der Waals surface area contributed by atoms with Gasteiger partial charge >= 0.3 is 0 Å². The second-order valence-electron chi connectivity index (χ2n) is 5.23. The maximum atomic E-state index is 10.8. The van der Waals surface area contributed by atoms with Crippen molar-refractivity contribution < 1.29 is 10.0 Å². The lowest BCUT2D eigenvalue weighted by Gasteiger charge is -2.22. The highest BCUT2D eigenvalue weighted by Crippen LogP contribution is 2.32. The fourth-order valence-electron chi connectivity index (χ4n) is 2.77. The number of hydrogen-bond acceptors (Lipinski definition) is 4. The first kappa shape index (κ1) is 12.1. The Balaban J connectivity index is 1.99. The molecule has 1 aromatic heterocycles. The minimum absolute atomic E-state index is 0.0488. The van der Waals surface area contributed by atoms with Crippen molar-refractivity contribution in [3.05, 3.63) is 34.5 Å². The summed E-state index contributed by atoms with van der Waals surface area (Å²) in [6, 6.07) is 4.68. The number of aromatic nitrogens is 2. The highest BCUT2D eigenvalue weighted by atomic mass is 16.6. The molecule has 3 rings (SSSR count). The molecule has 1 aromatic carbocycles. The molecule has 2 aromatic rings. The zero-order chi connectivity index (χ0) is 13.5. The molecule has 0 aliphatic heterocycles. The molecule has 1 N–H and O–H groups in total. The van der Waals surface area contributed by atoms with E-state index in [-0.39, 0.29) is 5.69 Å². The molecule has 0 radical (unpaired) electrons. The topological polar surface area (TPSA) is 81.2 Å². The van der Waals surface area contributed by atoms with Gasteiger partial charge in [0, 0.05) is 17.5 Å². The van der Waals surface area contributed by atoms with Gasteiger partial charge in [-0.2, -0.15) is 5.10 Å². The van der Waals surface area contributed by atoms with Crippen molar-refractivity contribution in [3.8, 4) is 0 Å². The SMILES string of the molecule is O=[N+]([O-])c1ccc2cnn(CC3(O)CCCC3)c2c1. The lowest BCUT2D eigenvalue weighted by molar-refractivity contribution is -0.384. The van der Waals surface area contributed by atoms with Gasteiger partial charge in [0.2, 0.25) is 0 Å². The number of nitro groups is 1. The summed E-state index contributed by atoms with van der Waals surface area (Å²) in [7, 11) is 0. The summed E-state index contributed by atoms with van der Waals surface area (Å²) >= 11 is 0. The van der Waals surface area contributed by atoms with Gasteiger partial charge in [0.05, 0.1) is 28.8 Å². The minimum Gasteiger partial charge on any atom is -0.388 e. The third-order valence-electron chi connectivity index (χ3n) is 3.82. The van der Waals surface area contributed by atoms with Gasteiger partial charge in [-0.1, -0.05) is 12.8 Å². The van der Waals surface area contributed by atoms with Crippen LogP contribution in [-0.4, -0.2) is 25.4 Å². The Kier molecular flexibility index (Phi) is 2.74. The normalized spacial score (nSPS) is 17.9. The molecule has 6 heteroatoms. The summed E-state index contributed by atoms with van der Waals surface area (Å²) in [6.45, 7) is 0.400. The van der Waals surface area contributed by atoms with Crippen LogP contribution in [0.4, 0.5) is 5.69 Å². The molecule has 1 saturated carbocycles. The van der Waals surface area contributed by atoms with Crippen molar-refractivity contribution in [2.75, 3.05) is 0 Å². The second kappa shape index (κ2) is 4.31. The van der Waals surface area contributed by atoms with Gasteiger partial charge in [-0.15, -0.1) is 0 Å². The van der Waals surface area contributed by atoms with Crippen molar-refractivity contribution >= 4 is 16.6 Å². The fraction of sp³-hybridized carbons (Fsp3) is 0.462. The smallest absolute Gasteiger partial charge is 0.271 e. The van der Waals surface area contributed by atoms with Crippen LogP contribution in [0, 0.1) is 10.1 Å². The highest BCUT2D eigenvalue weighted by Gasteiger charge is 2.32. The molecule has 6 nitrogen and oxygen atoms in total. The molecule has 0 spiro atoms. The third-order valence-corrected chi connectivity index (χ3v) is 3.82. The lowest BCUT2D eigenvalue weighted by Crippen LogP contribution is -2.30. The third kappa shape index (κ3) is 2.19. The number of benzene rings is 1. The second-order valence-corrected chi connectivity index (χ2v) is 5.23. The van der Waals surface area contributed by atoms with E-state index in [1.807, 2.05) is 0 Å².